The minimum absolute atomic E-state index is 0.0645. The number of ether oxygens (including phenoxy) is 3. The molecule has 6 nitrogen and oxygen atoms in total. The van der Waals surface area contributed by atoms with Crippen molar-refractivity contribution in [3.05, 3.63) is 58.6 Å². The number of carbonyl (C=O) groups is 1. The Kier molecular flexibility index (Phi) is 6.95. The molecule has 30 heavy (non-hydrogen) atoms. The Hall–Kier alpha value is -3.06. The van der Waals surface area contributed by atoms with Crippen LogP contribution < -0.4 is 19.5 Å². The Labute approximate surface area is 180 Å². The number of nitrogens with zero attached hydrogens (tertiary/aromatic N) is 1. The van der Waals surface area contributed by atoms with E-state index in [2.05, 4.69) is 10.3 Å². The number of para-hydroxylation sites is 1. The summed E-state index contributed by atoms with van der Waals surface area (Å²) in [6.45, 7) is 6.17. The van der Waals surface area contributed by atoms with Crippen LogP contribution in [-0.2, 0) is 6.54 Å². The first kappa shape index (κ1) is 21.6. The van der Waals surface area contributed by atoms with Crippen LogP contribution in [0, 0.1) is 6.92 Å². The molecule has 1 aromatic heterocycles. The number of aromatic nitrogens is 1. The Morgan fingerprint density at radius 3 is 2.50 bits per heavy atom. The van der Waals surface area contributed by atoms with Crippen LogP contribution in [0.5, 0.6) is 17.2 Å². The fourth-order valence-electron chi connectivity index (χ4n) is 2.97. The van der Waals surface area contributed by atoms with Gasteiger partial charge in [-0.25, -0.2) is 4.98 Å². The maximum Gasteiger partial charge on any atom is 0.263 e. The van der Waals surface area contributed by atoms with Crippen molar-refractivity contribution in [1.29, 1.82) is 0 Å². The molecule has 0 aliphatic heterocycles. The van der Waals surface area contributed by atoms with E-state index in [0.717, 1.165) is 21.9 Å². The topological polar surface area (TPSA) is 69.7 Å². The normalized spacial score (nSPS) is 10.7. The van der Waals surface area contributed by atoms with Gasteiger partial charge in [0.1, 0.15) is 15.6 Å². The molecule has 158 valence electrons. The first-order valence-electron chi connectivity index (χ1n) is 9.65. The molecule has 7 heteroatoms. The van der Waals surface area contributed by atoms with E-state index in [4.69, 9.17) is 14.2 Å². The molecular weight excluding hydrogens is 400 g/mol. The number of methoxy groups -OCH3 is 2. The average Bonchev–Trinajstić information content (AvgIpc) is 3.13. The molecule has 1 N–H and O–H groups in total. The fourth-order valence-corrected chi connectivity index (χ4v) is 3.95. The highest BCUT2D eigenvalue weighted by molar-refractivity contribution is 7.17. The van der Waals surface area contributed by atoms with Gasteiger partial charge in [0, 0.05) is 17.7 Å². The summed E-state index contributed by atoms with van der Waals surface area (Å²) in [4.78, 5) is 18.0. The first-order valence-corrected chi connectivity index (χ1v) is 10.5. The average molecular weight is 427 g/mol. The van der Waals surface area contributed by atoms with Crippen molar-refractivity contribution in [3.8, 4) is 27.8 Å². The molecule has 0 saturated carbocycles. The second-order valence-corrected chi connectivity index (χ2v) is 7.96. The number of nitrogens with one attached hydrogen (secondary N) is 1. The van der Waals surface area contributed by atoms with E-state index >= 15 is 0 Å². The number of amides is 1. The molecular formula is C23H26N2O4S. The predicted molar refractivity (Wildman–Crippen MR) is 119 cm³/mol. The number of hydrogen-bond donors (Lipinski definition) is 1. The van der Waals surface area contributed by atoms with Crippen LogP contribution in [0.1, 0.15) is 34.8 Å². The summed E-state index contributed by atoms with van der Waals surface area (Å²) < 4.78 is 16.5. The fraction of sp³-hybridized carbons (Fsp3) is 0.304. The predicted octanol–water partition coefficient (Wildman–Crippen LogP) is 4.85. The number of benzene rings is 2. The zero-order valence-electron chi connectivity index (χ0n) is 17.8. The van der Waals surface area contributed by atoms with Crippen molar-refractivity contribution < 1.29 is 19.0 Å². The summed E-state index contributed by atoms with van der Waals surface area (Å²) in [6, 6.07) is 13.3. The van der Waals surface area contributed by atoms with Gasteiger partial charge in [-0.1, -0.05) is 18.2 Å². The maximum atomic E-state index is 12.8. The molecule has 1 heterocycles. The summed E-state index contributed by atoms with van der Waals surface area (Å²) >= 11 is 1.35. The molecule has 0 radical (unpaired) electrons. The van der Waals surface area contributed by atoms with Crippen molar-refractivity contribution in [1.82, 2.24) is 10.3 Å². The number of rotatable bonds is 8. The second kappa shape index (κ2) is 9.63. The van der Waals surface area contributed by atoms with Gasteiger partial charge in [0.2, 0.25) is 0 Å². The van der Waals surface area contributed by atoms with Crippen LogP contribution >= 0.6 is 11.3 Å². The molecule has 0 unspecified atom stereocenters. The third-order valence-corrected chi connectivity index (χ3v) is 5.61. The standard InChI is InChI=1S/C23H26N2O4S/c1-14(2)29-18-9-7-6-8-17(18)13-24-22(26)21-15(3)25-23(30-21)16-10-11-19(27-4)20(12-16)28-5/h6-12,14H,13H2,1-5H3,(H,24,26). The van der Waals surface area contributed by atoms with Gasteiger partial charge < -0.3 is 19.5 Å². The van der Waals surface area contributed by atoms with Crippen molar-refractivity contribution in [2.45, 2.75) is 33.4 Å². The zero-order valence-corrected chi connectivity index (χ0v) is 18.6. The Morgan fingerprint density at radius 2 is 1.80 bits per heavy atom. The SMILES string of the molecule is COc1ccc(-c2nc(C)c(C(=O)NCc3ccccc3OC(C)C)s2)cc1OC. The van der Waals surface area contributed by atoms with Gasteiger partial charge in [-0.05, 0) is 45.0 Å². The summed E-state index contributed by atoms with van der Waals surface area (Å²) in [6.07, 6.45) is 0.0645. The zero-order chi connectivity index (χ0) is 21.7. The molecule has 0 saturated heterocycles. The molecule has 3 rings (SSSR count). The Balaban J connectivity index is 1.77. The highest BCUT2D eigenvalue weighted by Gasteiger charge is 2.18. The highest BCUT2D eigenvalue weighted by atomic mass is 32.1. The van der Waals surface area contributed by atoms with Crippen LogP contribution in [0.25, 0.3) is 10.6 Å². The number of hydrogen-bond acceptors (Lipinski definition) is 6. The van der Waals surface area contributed by atoms with Crippen LogP contribution in [-0.4, -0.2) is 31.2 Å². The third kappa shape index (κ3) is 4.91. The first-order chi connectivity index (χ1) is 14.4. The van der Waals surface area contributed by atoms with Gasteiger partial charge in [-0.2, -0.15) is 0 Å². The summed E-state index contributed by atoms with van der Waals surface area (Å²) in [5.41, 5.74) is 2.49. The largest absolute Gasteiger partial charge is 0.493 e. The van der Waals surface area contributed by atoms with Crippen LogP contribution in [0.3, 0.4) is 0 Å². The van der Waals surface area contributed by atoms with E-state index in [1.54, 1.807) is 14.2 Å². The van der Waals surface area contributed by atoms with E-state index in [1.165, 1.54) is 11.3 Å². The lowest BCUT2D eigenvalue weighted by Gasteiger charge is -2.14. The summed E-state index contributed by atoms with van der Waals surface area (Å²) in [7, 11) is 3.19. The minimum Gasteiger partial charge on any atom is -0.493 e. The van der Waals surface area contributed by atoms with Crippen LogP contribution in [0.15, 0.2) is 42.5 Å². The number of carbonyl (C=O) groups excluding carboxylic acids is 1. The molecule has 0 aliphatic carbocycles. The highest BCUT2D eigenvalue weighted by Crippen LogP contribution is 2.35. The van der Waals surface area contributed by atoms with E-state index < -0.39 is 0 Å². The lowest BCUT2D eigenvalue weighted by Crippen LogP contribution is -2.23. The van der Waals surface area contributed by atoms with Gasteiger partial charge in [0.25, 0.3) is 5.91 Å². The van der Waals surface area contributed by atoms with E-state index in [9.17, 15) is 4.79 Å². The van der Waals surface area contributed by atoms with Gasteiger partial charge >= 0.3 is 0 Å². The summed E-state index contributed by atoms with van der Waals surface area (Å²) in [5, 5.41) is 3.73. The quantitative estimate of drug-likeness (QED) is 0.557. The maximum absolute atomic E-state index is 12.8. The van der Waals surface area contributed by atoms with Crippen LogP contribution in [0.4, 0.5) is 0 Å². The van der Waals surface area contributed by atoms with Gasteiger partial charge in [0.05, 0.1) is 26.0 Å². The molecule has 0 spiro atoms. The van der Waals surface area contributed by atoms with Crippen LogP contribution in [0.2, 0.25) is 0 Å². The lowest BCUT2D eigenvalue weighted by molar-refractivity contribution is 0.0953. The molecule has 0 bridgehead atoms. The van der Waals surface area contributed by atoms with Crippen molar-refractivity contribution in [3.63, 3.8) is 0 Å². The van der Waals surface area contributed by atoms with Gasteiger partial charge in [0.15, 0.2) is 11.5 Å². The molecule has 1 amide bonds. The molecule has 0 aliphatic rings. The number of thiazole rings is 1. The molecule has 3 aromatic rings. The van der Waals surface area contributed by atoms with Crippen molar-refractivity contribution in [2.24, 2.45) is 0 Å². The second-order valence-electron chi connectivity index (χ2n) is 6.96. The van der Waals surface area contributed by atoms with Gasteiger partial charge in [-0.3, -0.25) is 4.79 Å². The van der Waals surface area contributed by atoms with Crippen molar-refractivity contribution in [2.75, 3.05) is 14.2 Å². The Bertz CT molecular complexity index is 1030. The van der Waals surface area contributed by atoms with E-state index in [0.29, 0.717) is 28.6 Å². The Morgan fingerprint density at radius 1 is 1.07 bits per heavy atom. The van der Waals surface area contributed by atoms with Gasteiger partial charge in [-0.15, -0.1) is 11.3 Å². The molecule has 0 fully saturated rings. The molecule has 0 atom stereocenters. The van der Waals surface area contributed by atoms with E-state index in [1.807, 2.05) is 63.2 Å². The minimum atomic E-state index is -0.156. The monoisotopic (exact) mass is 426 g/mol. The van der Waals surface area contributed by atoms with Crippen molar-refractivity contribution >= 4 is 17.2 Å². The van der Waals surface area contributed by atoms with E-state index in [-0.39, 0.29) is 12.0 Å². The molecule has 2 aromatic carbocycles. The number of aryl methyl sites for hydroxylation is 1. The smallest absolute Gasteiger partial charge is 0.263 e. The lowest BCUT2D eigenvalue weighted by atomic mass is 10.2. The third-order valence-electron chi connectivity index (χ3n) is 4.41. The summed E-state index contributed by atoms with van der Waals surface area (Å²) in [5.74, 6) is 1.89.